The Hall–Kier alpha value is -1.99. The van der Waals surface area contributed by atoms with Crippen molar-refractivity contribution in [1.29, 1.82) is 0 Å². The van der Waals surface area contributed by atoms with Crippen LogP contribution >= 0.6 is 0 Å². The van der Waals surface area contributed by atoms with Crippen molar-refractivity contribution in [1.82, 2.24) is 20.5 Å². The van der Waals surface area contributed by atoms with Crippen LogP contribution < -0.4 is 10.6 Å². The number of fused-ring (bicyclic) bond motifs is 1. The lowest BCUT2D eigenvalue weighted by molar-refractivity contribution is -0.141. The lowest BCUT2D eigenvalue weighted by Crippen LogP contribution is -2.58. The number of aromatic nitrogens is 1. The normalized spacial score (nSPS) is 34.8. The molecule has 188 valence electrons. The van der Waals surface area contributed by atoms with Gasteiger partial charge in [0.1, 0.15) is 5.69 Å². The van der Waals surface area contributed by atoms with E-state index in [2.05, 4.69) is 34.4 Å². The van der Waals surface area contributed by atoms with E-state index in [0.29, 0.717) is 12.2 Å². The van der Waals surface area contributed by atoms with Crippen LogP contribution in [0, 0.1) is 29.1 Å². The van der Waals surface area contributed by atoms with Crippen molar-refractivity contribution in [3.8, 4) is 0 Å². The second-order valence-corrected chi connectivity index (χ2v) is 11.2. The number of aliphatic hydroxyl groups is 1. The third-order valence-electron chi connectivity index (χ3n) is 9.08. The van der Waals surface area contributed by atoms with Gasteiger partial charge in [-0.2, -0.15) is 0 Å². The summed E-state index contributed by atoms with van der Waals surface area (Å²) in [6, 6.07) is 5.33. The predicted octanol–water partition coefficient (Wildman–Crippen LogP) is 2.85. The van der Waals surface area contributed by atoms with Gasteiger partial charge in [-0.15, -0.1) is 0 Å². The van der Waals surface area contributed by atoms with Crippen LogP contribution in [0.4, 0.5) is 0 Å². The maximum absolute atomic E-state index is 12.9. The van der Waals surface area contributed by atoms with Crippen LogP contribution in [0.15, 0.2) is 24.4 Å². The van der Waals surface area contributed by atoms with E-state index in [1.165, 1.54) is 12.8 Å². The maximum atomic E-state index is 12.9. The number of aliphatic hydroxyl groups excluding tert-OH is 1. The van der Waals surface area contributed by atoms with E-state index in [0.717, 1.165) is 45.3 Å². The largest absolute Gasteiger partial charge is 0.392 e. The average Bonchev–Trinajstić information content (AvgIpc) is 3.35. The standard InChI is InChI=1S/C27H42N4O3/c1-18(25(33)29-14-17-31-15-6-7-16-31)20-9-11-27(3)12-10-21(19(2)23(27)24(20)32)30-26(34)22-8-4-5-13-28-22/h4-5,8,13,18-21,23-24,32H,6-7,9-12,14-17H2,1-3H3,(H,29,33)(H,30,34)/t18-,19-,20+,21-,23+,24-,27+/m0/s1. The number of pyridine rings is 1. The Kier molecular flexibility index (Phi) is 7.93. The monoisotopic (exact) mass is 470 g/mol. The van der Waals surface area contributed by atoms with E-state index in [-0.39, 0.29) is 46.9 Å². The van der Waals surface area contributed by atoms with Gasteiger partial charge in [0.2, 0.25) is 5.91 Å². The van der Waals surface area contributed by atoms with Gasteiger partial charge in [0, 0.05) is 31.2 Å². The summed E-state index contributed by atoms with van der Waals surface area (Å²) in [5.41, 5.74) is 0.456. The first-order valence-electron chi connectivity index (χ1n) is 13.2. The molecule has 3 aliphatic rings. The molecule has 1 aliphatic heterocycles. The Bertz CT molecular complexity index is 844. The number of carbonyl (C=O) groups is 2. The summed E-state index contributed by atoms with van der Waals surface area (Å²) in [4.78, 5) is 32.3. The number of nitrogens with one attached hydrogen (secondary N) is 2. The minimum absolute atomic E-state index is 0.00873. The smallest absolute Gasteiger partial charge is 0.270 e. The quantitative estimate of drug-likeness (QED) is 0.570. The van der Waals surface area contributed by atoms with Gasteiger partial charge in [0.15, 0.2) is 0 Å². The molecule has 0 unspecified atom stereocenters. The zero-order valence-corrected chi connectivity index (χ0v) is 21.0. The van der Waals surface area contributed by atoms with Crippen LogP contribution in [0.3, 0.4) is 0 Å². The van der Waals surface area contributed by atoms with Crippen molar-refractivity contribution in [3.05, 3.63) is 30.1 Å². The molecule has 7 nitrogen and oxygen atoms in total. The molecule has 2 aliphatic carbocycles. The molecule has 3 fully saturated rings. The first kappa shape index (κ1) is 25.1. The van der Waals surface area contributed by atoms with Crippen LogP contribution in [0.25, 0.3) is 0 Å². The number of likely N-dealkylation sites (tertiary alicyclic amines) is 1. The highest BCUT2D eigenvalue weighted by Crippen LogP contribution is 2.55. The molecule has 2 saturated carbocycles. The van der Waals surface area contributed by atoms with Crippen molar-refractivity contribution in [2.45, 2.75) is 71.4 Å². The van der Waals surface area contributed by atoms with Crippen LogP contribution in [0.1, 0.15) is 69.8 Å². The molecule has 0 bridgehead atoms. The van der Waals surface area contributed by atoms with E-state index in [1.54, 1.807) is 18.3 Å². The molecule has 1 aromatic heterocycles. The molecular weight excluding hydrogens is 428 g/mol. The first-order valence-corrected chi connectivity index (χ1v) is 13.2. The summed E-state index contributed by atoms with van der Waals surface area (Å²) >= 11 is 0. The van der Waals surface area contributed by atoms with Gasteiger partial charge in [0.25, 0.3) is 5.91 Å². The van der Waals surface area contributed by atoms with E-state index < -0.39 is 6.10 Å². The van der Waals surface area contributed by atoms with Crippen molar-refractivity contribution < 1.29 is 14.7 Å². The molecule has 4 rings (SSSR count). The van der Waals surface area contributed by atoms with Gasteiger partial charge in [0.05, 0.1) is 6.10 Å². The Morgan fingerprint density at radius 3 is 2.68 bits per heavy atom. The lowest BCUT2D eigenvalue weighted by Gasteiger charge is -2.56. The zero-order valence-electron chi connectivity index (χ0n) is 21.0. The predicted molar refractivity (Wildman–Crippen MR) is 132 cm³/mol. The molecule has 0 aromatic carbocycles. The van der Waals surface area contributed by atoms with Crippen LogP contribution in [0.2, 0.25) is 0 Å². The topological polar surface area (TPSA) is 94.6 Å². The summed E-state index contributed by atoms with van der Waals surface area (Å²) in [5.74, 6) is -0.223. The number of carbonyl (C=O) groups excluding carboxylic acids is 2. The minimum atomic E-state index is -0.553. The second-order valence-electron chi connectivity index (χ2n) is 11.2. The van der Waals surface area contributed by atoms with E-state index in [9.17, 15) is 14.7 Å². The summed E-state index contributed by atoms with van der Waals surface area (Å²) in [7, 11) is 0. The minimum Gasteiger partial charge on any atom is -0.392 e. The molecule has 2 heterocycles. The highest BCUT2D eigenvalue weighted by Gasteiger charge is 2.53. The van der Waals surface area contributed by atoms with E-state index >= 15 is 0 Å². The fourth-order valence-corrected chi connectivity index (χ4v) is 6.94. The Morgan fingerprint density at radius 2 is 1.97 bits per heavy atom. The molecule has 1 saturated heterocycles. The van der Waals surface area contributed by atoms with Gasteiger partial charge in [-0.1, -0.05) is 26.8 Å². The first-order chi connectivity index (χ1) is 16.3. The SMILES string of the molecule is C[C@@H]1[C@@H]2[C@@H](O)[C@@H]([C@H](C)C(=O)NCCN3CCCC3)CC[C@]2(C)CC[C@@H]1NC(=O)c1ccccn1. The van der Waals surface area contributed by atoms with Gasteiger partial charge < -0.3 is 20.6 Å². The Morgan fingerprint density at radius 1 is 1.24 bits per heavy atom. The Balaban J connectivity index is 1.37. The second kappa shape index (κ2) is 10.7. The molecule has 7 heteroatoms. The number of nitrogens with zero attached hydrogens (tertiary/aromatic N) is 2. The van der Waals surface area contributed by atoms with Crippen LogP contribution in [-0.4, -0.2) is 65.1 Å². The Labute approximate surface area is 204 Å². The number of hydrogen-bond acceptors (Lipinski definition) is 5. The average molecular weight is 471 g/mol. The van der Waals surface area contributed by atoms with E-state index in [1.807, 2.05) is 13.0 Å². The number of amides is 2. The molecule has 1 aromatic rings. The van der Waals surface area contributed by atoms with Crippen LogP contribution in [0.5, 0.6) is 0 Å². The molecule has 3 N–H and O–H groups in total. The third-order valence-corrected chi connectivity index (χ3v) is 9.08. The molecule has 7 atom stereocenters. The van der Waals surface area contributed by atoms with Crippen molar-refractivity contribution in [2.24, 2.45) is 29.1 Å². The van der Waals surface area contributed by atoms with Gasteiger partial charge in [-0.25, -0.2) is 0 Å². The van der Waals surface area contributed by atoms with Crippen LogP contribution in [-0.2, 0) is 4.79 Å². The summed E-state index contributed by atoms with van der Waals surface area (Å²) < 4.78 is 0. The van der Waals surface area contributed by atoms with Gasteiger partial charge in [-0.3, -0.25) is 14.6 Å². The lowest BCUT2D eigenvalue weighted by atomic mass is 9.51. The highest BCUT2D eigenvalue weighted by molar-refractivity contribution is 5.92. The molecule has 0 radical (unpaired) electrons. The number of rotatable bonds is 7. The maximum Gasteiger partial charge on any atom is 0.270 e. The van der Waals surface area contributed by atoms with Crippen molar-refractivity contribution in [3.63, 3.8) is 0 Å². The molecule has 34 heavy (non-hydrogen) atoms. The number of hydrogen-bond donors (Lipinski definition) is 3. The molecule has 2 amide bonds. The summed E-state index contributed by atoms with van der Waals surface area (Å²) in [6.45, 7) is 10.2. The third kappa shape index (κ3) is 5.30. The fraction of sp³-hybridized carbons (Fsp3) is 0.741. The zero-order chi connectivity index (χ0) is 24.3. The van der Waals surface area contributed by atoms with E-state index in [4.69, 9.17) is 0 Å². The summed E-state index contributed by atoms with van der Waals surface area (Å²) in [5, 5.41) is 17.9. The van der Waals surface area contributed by atoms with Crippen molar-refractivity contribution >= 4 is 11.8 Å². The molecular formula is C27H42N4O3. The highest BCUT2D eigenvalue weighted by atomic mass is 16.3. The van der Waals surface area contributed by atoms with Crippen molar-refractivity contribution in [2.75, 3.05) is 26.2 Å². The van der Waals surface area contributed by atoms with Gasteiger partial charge >= 0.3 is 0 Å². The van der Waals surface area contributed by atoms with Gasteiger partial charge in [-0.05, 0) is 86.9 Å². The summed E-state index contributed by atoms with van der Waals surface area (Å²) in [6.07, 6.45) is 7.32. The fourth-order valence-electron chi connectivity index (χ4n) is 6.94. The molecule has 0 spiro atoms.